The molecule has 0 aromatic carbocycles. The molecule has 30 heavy (non-hydrogen) atoms. The van der Waals surface area contributed by atoms with Crippen molar-refractivity contribution in [1.82, 2.24) is 0 Å². The van der Waals surface area contributed by atoms with Crippen LogP contribution in [0, 0.1) is 22.7 Å². The van der Waals surface area contributed by atoms with Crippen LogP contribution in [0.5, 0.6) is 0 Å². The summed E-state index contributed by atoms with van der Waals surface area (Å²) < 4.78 is 10.6. The van der Waals surface area contributed by atoms with Crippen LogP contribution in [0.3, 0.4) is 0 Å². The fraction of sp³-hybridized carbons (Fsp3) is 0.833. The van der Waals surface area contributed by atoms with Gasteiger partial charge in [-0.2, -0.15) is 0 Å². The molecule has 0 saturated heterocycles. The van der Waals surface area contributed by atoms with Gasteiger partial charge in [0.15, 0.2) is 0 Å². The molecule has 0 aliphatic heterocycles. The first kappa shape index (κ1) is 24.9. The van der Waals surface area contributed by atoms with Crippen molar-refractivity contribution in [3.63, 3.8) is 0 Å². The highest BCUT2D eigenvalue weighted by Gasteiger charge is 2.61. The first-order valence-corrected chi connectivity index (χ1v) is 11.1. The molecule has 0 aromatic heterocycles. The van der Waals surface area contributed by atoms with E-state index < -0.39 is 23.8 Å². The predicted molar refractivity (Wildman–Crippen MR) is 115 cm³/mol. The Hall–Kier alpha value is -1.40. The Morgan fingerprint density at radius 1 is 1.10 bits per heavy atom. The van der Waals surface area contributed by atoms with Crippen LogP contribution in [0.2, 0.25) is 0 Å². The number of carbonyl (C=O) groups is 2. The molecule has 0 aromatic rings. The molecular formula is C24H40O6. The summed E-state index contributed by atoms with van der Waals surface area (Å²) >= 11 is 0. The predicted octanol–water partition coefficient (Wildman–Crippen LogP) is 3.78. The van der Waals surface area contributed by atoms with E-state index in [2.05, 4.69) is 20.8 Å². The van der Waals surface area contributed by atoms with Crippen molar-refractivity contribution in [2.24, 2.45) is 22.7 Å². The molecule has 2 aliphatic rings. The van der Waals surface area contributed by atoms with Gasteiger partial charge in [0.05, 0.1) is 11.7 Å². The second-order valence-corrected chi connectivity index (χ2v) is 10.5. The molecule has 2 saturated carbocycles. The van der Waals surface area contributed by atoms with Crippen molar-refractivity contribution in [2.45, 2.75) is 98.4 Å². The first-order chi connectivity index (χ1) is 13.7. The lowest BCUT2D eigenvalue weighted by molar-refractivity contribution is -0.225. The second kappa shape index (κ2) is 8.99. The summed E-state index contributed by atoms with van der Waals surface area (Å²) in [5, 5.41) is 22.3. The van der Waals surface area contributed by atoms with E-state index in [0.717, 1.165) is 24.8 Å². The molecule has 2 aliphatic carbocycles. The van der Waals surface area contributed by atoms with Gasteiger partial charge in [-0.3, -0.25) is 9.59 Å². The smallest absolute Gasteiger partial charge is 0.303 e. The molecule has 6 atom stereocenters. The molecular weight excluding hydrogens is 384 g/mol. The van der Waals surface area contributed by atoms with Crippen LogP contribution >= 0.6 is 0 Å². The number of hydrogen-bond acceptors (Lipinski definition) is 6. The van der Waals surface area contributed by atoms with Crippen LogP contribution in [-0.2, 0) is 19.1 Å². The molecule has 0 spiro atoms. The maximum absolute atomic E-state index is 11.8. The third-order valence-electron chi connectivity index (χ3n) is 7.87. The van der Waals surface area contributed by atoms with Crippen LogP contribution in [0.15, 0.2) is 11.6 Å². The van der Waals surface area contributed by atoms with Gasteiger partial charge in [-0.15, -0.1) is 0 Å². The molecule has 6 nitrogen and oxygen atoms in total. The normalized spacial score (nSPS) is 37.1. The van der Waals surface area contributed by atoms with E-state index in [1.807, 2.05) is 6.92 Å². The highest BCUT2D eigenvalue weighted by atomic mass is 16.5. The monoisotopic (exact) mass is 424 g/mol. The summed E-state index contributed by atoms with van der Waals surface area (Å²) in [6, 6.07) is 0. The fourth-order valence-corrected chi connectivity index (χ4v) is 6.20. The summed E-state index contributed by atoms with van der Waals surface area (Å²) in [4.78, 5) is 22.9. The number of carbonyl (C=O) groups excluding carboxylic acids is 2. The van der Waals surface area contributed by atoms with Gasteiger partial charge in [0, 0.05) is 13.8 Å². The Bertz CT molecular complexity index is 679. The standard InChI is InChI=1S/C24H40O6/c1-15(9-12-29-16(2)25)18(30-17(3)26)13-20-23(6)11-8-10-22(4,5)19(23)14-21(27)24(20,7)28/h9,18-21,27-28H,8,10-14H2,1-7H3/b15-9+/t18-,19+,20-,21-,23+,24-/m1/s1. The SMILES string of the molecule is CC(=O)OC/C=C(\C)[C@@H](C[C@H]1[C@@](C)(O)[C@H](O)C[C@H]2C(C)(C)CCC[C@@]21C)OC(C)=O. The molecule has 0 radical (unpaired) electrons. The number of fused-ring (bicyclic) bond motifs is 1. The molecule has 2 rings (SSSR count). The number of esters is 2. The number of hydrogen-bond donors (Lipinski definition) is 2. The van der Waals surface area contributed by atoms with Gasteiger partial charge in [-0.05, 0) is 73.8 Å². The third-order valence-corrected chi connectivity index (χ3v) is 7.87. The second-order valence-electron chi connectivity index (χ2n) is 10.5. The minimum Gasteiger partial charge on any atom is -0.462 e. The van der Waals surface area contributed by atoms with Gasteiger partial charge in [0.25, 0.3) is 0 Å². The van der Waals surface area contributed by atoms with Gasteiger partial charge in [-0.25, -0.2) is 0 Å². The van der Waals surface area contributed by atoms with Gasteiger partial charge < -0.3 is 19.7 Å². The van der Waals surface area contributed by atoms with Crippen molar-refractivity contribution in [2.75, 3.05) is 6.61 Å². The maximum Gasteiger partial charge on any atom is 0.303 e. The highest BCUT2D eigenvalue weighted by Crippen LogP contribution is 2.63. The van der Waals surface area contributed by atoms with Gasteiger partial charge in [0.1, 0.15) is 12.7 Å². The summed E-state index contributed by atoms with van der Waals surface area (Å²) in [7, 11) is 0. The number of aliphatic hydroxyl groups excluding tert-OH is 1. The maximum atomic E-state index is 11.8. The third kappa shape index (κ3) is 5.08. The first-order valence-electron chi connectivity index (χ1n) is 11.1. The Labute approximate surface area is 181 Å². The summed E-state index contributed by atoms with van der Waals surface area (Å²) in [6.45, 7) is 13.1. The Morgan fingerprint density at radius 3 is 2.30 bits per heavy atom. The van der Waals surface area contributed by atoms with Gasteiger partial charge >= 0.3 is 11.9 Å². The minimum absolute atomic E-state index is 0.0693. The van der Waals surface area contributed by atoms with Crippen molar-refractivity contribution in [3.05, 3.63) is 11.6 Å². The van der Waals surface area contributed by atoms with Crippen molar-refractivity contribution in [1.29, 1.82) is 0 Å². The molecule has 6 heteroatoms. The van der Waals surface area contributed by atoms with Gasteiger partial charge in [0.2, 0.25) is 0 Å². The number of rotatable bonds is 6. The Morgan fingerprint density at radius 2 is 1.73 bits per heavy atom. The summed E-state index contributed by atoms with van der Waals surface area (Å²) in [6.07, 6.45) is 4.49. The zero-order chi connectivity index (χ0) is 22.9. The number of ether oxygens (including phenoxy) is 2. The lowest BCUT2D eigenvalue weighted by Gasteiger charge is -2.62. The van der Waals surface area contributed by atoms with Gasteiger partial charge in [-0.1, -0.05) is 27.2 Å². The van der Waals surface area contributed by atoms with E-state index in [1.165, 1.54) is 13.8 Å². The largest absolute Gasteiger partial charge is 0.462 e. The number of aliphatic hydroxyl groups is 2. The highest BCUT2D eigenvalue weighted by molar-refractivity contribution is 5.66. The van der Waals surface area contributed by atoms with E-state index in [9.17, 15) is 19.8 Å². The molecule has 0 bridgehead atoms. The van der Waals surface area contributed by atoms with E-state index in [0.29, 0.717) is 12.8 Å². The van der Waals surface area contributed by atoms with E-state index in [4.69, 9.17) is 9.47 Å². The van der Waals surface area contributed by atoms with E-state index in [-0.39, 0.29) is 35.2 Å². The Kier molecular flexibility index (Phi) is 7.45. The van der Waals surface area contributed by atoms with E-state index in [1.54, 1.807) is 13.0 Å². The lowest BCUT2D eigenvalue weighted by atomic mass is 9.44. The van der Waals surface area contributed by atoms with Crippen LogP contribution in [-0.4, -0.2) is 46.6 Å². The summed E-state index contributed by atoms with van der Waals surface area (Å²) in [5.41, 5.74) is -0.621. The van der Waals surface area contributed by atoms with Crippen molar-refractivity contribution in [3.8, 4) is 0 Å². The van der Waals surface area contributed by atoms with Crippen LogP contribution < -0.4 is 0 Å². The topological polar surface area (TPSA) is 93.1 Å². The molecule has 0 unspecified atom stereocenters. The fourth-order valence-electron chi connectivity index (χ4n) is 6.20. The zero-order valence-electron chi connectivity index (χ0n) is 19.7. The zero-order valence-corrected chi connectivity index (χ0v) is 19.7. The molecule has 172 valence electrons. The molecule has 2 N–H and O–H groups in total. The average molecular weight is 425 g/mol. The van der Waals surface area contributed by atoms with Crippen LogP contribution in [0.25, 0.3) is 0 Å². The van der Waals surface area contributed by atoms with Crippen LogP contribution in [0.1, 0.15) is 80.6 Å². The Balaban J connectivity index is 2.39. The van der Waals surface area contributed by atoms with Crippen molar-refractivity contribution >= 4 is 11.9 Å². The minimum atomic E-state index is -1.28. The summed E-state index contributed by atoms with van der Waals surface area (Å²) in [5.74, 6) is -0.759. The molecule has 0 heterocycles. The van der Waals surface area contributed by atoms with Crippen LogP contribution in [0.4, 0.5) is 0 Å². The van der Waals surface area contributed by atoms with Crippen molar-refractivity contribution < 1.29 is 29.3 Å². The average Bonchev–Trinajstić information content (AvgIpc) is 2.59. The molecule has 0 amide bonds. The quantitative estimate of drug-likeness (QED) is 0.498. The molecule has 2 fully saturated rings. The lowest BCUT2D eigenvalue weighted by Crippen LogP contribution is -2.64. The van der Waals surface area contributed by atoms with E-state index >= 15 is 0 Å².